The molecule has 0 bridgehead atoms. The van der Waals surface area contributed by atoms with Gasteiger partial charge in [-0.25, -0.2) is 0 Å². The van der Waals surface area contributed by atoms with Crippen LogP contribution in [0.3, 0.4) is 0 Å². The van der Waals surface area contributed by atoms with E-state index in [-0.39, 0.29) is 6.04 Å². The summed E-state index contributed by atoms with van der Waals surface area (Å²) in [5.74, 6) is 0.694. The molecule has 0 saturated heterocycles. The van der Waals surface area contributed by atoms with Gasteiger partial charge in [0.15, 0.2) is 0 Å². The van der Waals surface area contributed by atoms with Crippen molar-refractivity contribution in [1.29, 1.82) is 0 Å². The number of hydrogen-bond donors (Lipinski definition) is 1. The fourth-order valence-electron chi connectivity index (χ4n) is 1.56. The summed E-state index contributed by atoms with van der Waals surface area (Å²) in [6.45, 7) is 1.98. The van der Waals surface area contributed by atoms with E-state index in [4.69, 9.17) is 22.1 Å². The van der Waals surface area contributed by atoms with Crippen LogP contribution in [0.1, 0.15) is 18.5 Å². The molecule has 4 heteroatoms. The predicted molar refractivity (Wildman–Crippen MR) is 73.9 cm³/mol. The second-order valence-corrected chi connectivity index (χ2v) is 5.20. The van der Waals surface area contributed by atoms with Crippen molar-refractivity contribution in [3.63, 3.8) is 0 Å². The Morgan fingerprint density at radius 3 is 2.65 bits per heavy atom. The minimum Gasteiger partial charge on any atom is -0.495 e. The summed E-state index contributed by atoms with van der Waals surface area (Å²) in [5, 5.41) is 2.71. The lowest BCUT2D eigenvalue weighted by Gasteiger charge is -2.04. The molecule has 17 heavy (non-hydrogen) atoms. The third-order valence-electron chi connectivity index (χ3n) is 2.58. The quantitative estimate of drug-likeness (QED) is 0.909. The molecule has 0 saturated carbocycles. The highest BCUT2D eigenvalue weighted by Crippen LogP contribution is 2.34. The maximum absolute atomic E-state index is 6.10. The van der Waals surface area contributed by atoms with E-state index in [1.807, 2.05) is 25.1 Å². The van der Waals surface area contributed by atoms with Crippen LogP contribution in [0, 0.1) is 0 Å². The van der Waals surface area contributed by atoms with Gasteiger partial charge >= 0.3 is 0 Å². The summed E-state index contributed by atoms with van der Waals surface area (Å²) in [5.41, 5.74) is 8.08. The summed E-state index contributed by atoms with van der Waals surface area (Å²) >= 11 is 7.78. The lowest BCUT2D eigenvalue weighted by atomic mass is 10.1. The van der Waals surface area contributed by atoms with Crippen LogP contribution >= 0.6 is 22.9 Å². The molecule has 0 spiro atoms. The Labute approximate surface area is 110 Å². The third kappa shape index (κ3) is 2.63. The first-order valence-electron chi connectivity index (χ1n) is 5.29. The number of halogens is 1. The van der Waals surface area contributed by atoms with E-state index in [0.717, 1.165) is 11.1 Å². The summed E-state index contributed by atoms with van der Waals surface area (Å²) in [6.07, 6.45) is 0. The Morgan fingerprint density at radius 2 is 2.12 bits per heavy atom. The number of hydrogen-bond acceptors (Lipinski definition) is 3. The Balaban J connectivity index is 2.36. The molecule has 2 aromatic rings. The van der Waals surface area contributed by atoms with Crippen molar-refractivity contribution in [2.45, 2.75) is 13.0 Å². The average molecular weight is 268 g/mol. The second kappa shape index (κ2) is 5.08. The largest absolute Gasteiger partial charge is 0.495 e. The van der Waals surface area contributed by atoms with Gasteiger partial charge in [0.25, 0.3) is 0 Å². The Hall–Kier alpha value is -1.03. The van der Waals surface area contributed by atoms with Gasteiger partial charge in [-0.15, -0.1) is 11.3 Å². The predicted octanol–water partition coefficient (Wildman–Crippen LogP) is 4.10. The molecule has 0 fully saturated rings. The Bertz CT molecular complexity index is 522. The zero-order valence-corrected chi connectivity index (χ0v) is 11.3. The van der Waals surface area contributed by atoms with Crippen LogP contribution in [0.15, 0.2) is 29.6 Å². The molecule has 0 radical (unpaired) electrons. The SMILES string of the molecule is COc1ccc(-c2cc(C(C)N)cs2)cc1Cl. The number of nitrogens with two attached hydrogens (primary N) is 1. The molecular weight excluding hydrogens is 254 g/mol. The number of benzene rings is 1. The van der Waals surface area contributed by atoms with Crippen LogP contribution in [-0.4, -0.2) is 7.11 Å². The van der Waals surface area contributed by atoms with Crippen molar-refractivity contribution in [2.75, 3.05) is 7.11 Å². The highest BCUT2D eigenvalue weighted by atomic mass is 35.5. The molecule has 0 aliphatic rings. The molecule has 90 valence electrons. The molecule has 1 unspecified atom stereocenters. The van der Waals surface area contributed by atoms with Gasteiger partial charge in [0.1, 0.15) is 5.75 Å². The fourth-order valence-corrected chi connectivity index (χ4v) is 2.83. The maximum Gasteiger partial charge on any atom is 0.137 e. The van der Waals surface area contributed by atoms with E-state index in [1.54, 1.807) is 18.4 Å². The first kappa shape index (κ1) is 12.4. The van der Waals surface area contributed by atoms with Gasteiger partial charge in [0.05, 0.1) is 12.1 Å². The van der Waals surface area contributed by atoms with Crippen molar-refractivity contribution in [2.24, 2.45) is 5.73 Å². The smallest absolute Gasteiger partial charge is 0.137 e. The summed E-state index contributed by atoms with van der Waals surface area (Å²) in [7, 11) is 1.61. The van der Waals surface area contributed by atoms with Crippen molar-refractivity contribution >= 4 is 22.9 Å². The lowest BCUT2D eigenvalue weighted by Crippen LogP contribution is -2.02. The monoisotopic (exact) mass is 267 g/mol. The van der Waals surface area contributed by atoms with Crippen molar-refractivity contribution in [3.05, 3.63) is 40.2 Å². The highest BCUT2D eigenvalue weighted by Gasteiger charge is 2.08. The second-order valence-electron chi connectivity index (χ2n) is 3.88. The van der Waals surface area contributed by atoms with Crippen LogP contribution in [0.4, 0.5) is 0 Å². The van der Waals surface area contributed by atoms with E-state index < -0.39 is 0 Å². The summed E-state index contributed by atoms with van der Waals surface area (Å²) < 4.78 is 5.13. The standard InChI is InChI=1S/C13H14ClNOS/c1-8(15)10-6-13(17-7-10)9-3-4-12(16-2)11(14)5-9/h3-8H,15H2,1-2H3. The molecular formula is C13H14ClNOS. The zero-order valence-electron chi connectivity index (χ0n) is 9.74. The van der Waals surface area contributed by atoms with Crippen LogP contribution in [-0.2, 0) is 0 Å². The van der Waals surface area contributed by atoms with Gasteiger partial charge in [0.2, 0.25) is 0 Å². The van der Waals surface area contributed by atoms with Crippen LogP contribution in [0.5, 0.6) is 5.75 Å². The summed E-state index contributed by atoms with van der Waals surface area (Å²) in [4.78, 5) is 1.17. The van der Waals surface area contributed by atoms with Gasteiger partial charge < -0.3 is 10.5 Å². The Morgan fingerprint density at radius 1 is 1.35 bits per heavy atom. The molecule has 1 heterocycles. The van der Waals surface area contributed by atoms with Crippen LogP contribution in [0.25, 0.3) is 10.4 Å². The number of ether oxygens (including phenoxy) is 1. The van der Waals surface area contributed by atoms with Gasteiger partial charge in [-0.05, 0) is 47.7 Å². The van der Waals surface area contributed by atoms with Gasteiger partial charge in [-0.3, -0.25) is 0 Å². The first-order valence-corrected chi connectivity index (χ1v) is 6.55. The molecule has 1 aromatic heterocycles. The highest BCUT2D eigenvalue weighted by molar-refractivity contribution is 7.13. The van der Waals surface area contributed by atoms with Gasteiger partial charge in [-0.1, -0.05) is 11.6 Å². The van der Waals surface area contributed by atoms with Crippen molar-refractivity contribution < 1.29 is 4.74 Å². The number of thiophene rings is 1. The molecule has 2 rings (SSSR count). The lowest BCUT2D eigenvalue weighted by molar-refractivity contribution is 0.415. The molecule has 1 atom stereocenters. The van der Waals surface area contributed by atoms with E-state index in [1.165, 1.54) is 4.88 Å². The molecule has 1 aromatic carbocycles. The fraction of sp³-hybridized carbons (Fsp3) is 0.231. The maximum atomic E-state index is 6.10. The van der Waals surface area contributed by atoms with Gasteiger partial charge in [0, 0.05) is 10.9 Å². The molecule has 2 nitrogen and oxygen atoms in total. The Kier molecular flexibility index (Phi) is 3.72. The van der Waals surface area contributed by atoms with Crippen molar-refractivity contribution in [1.82, 2.24) is 0 Å². The summed E-state index contributed by atoms with van der Waals surface area (Å²) in [6, 6.07) is 7.96. The molecule has 0 aliphatic carbocycles. The van der Waals surface area contributed by atoms with Crippen LogP contribution in [0.2, 0.25) is 5.02 Å². The molecule has 0 aliphatic heterocycles. The zero-order chi connectivity index (χ0) is 12.4. The minimum atomic E-state index is 0.0636. The van der Waals surface area contributed by atoms with E-state index in [0.29, 0.717) is 10.8 Å². The topological polar surface area (TPSA) is 35.2 Å². The van der Waals surface area contributed by atoms with Crippen LogP contribution < -0.4 is 10.5 Å². The number of rotatable bonds is 3. The molecule has 0 amide bonds. The van der Waals surface area contributed by atoms with E-state index in [9.17, 15) is 0 Å². The average Bonchev–Trinajstić information content (AvgIpc) is 2.78. The first-order chi connectivity index (χ1) is 8.11. The van der Waals surface area contributed by atoms with E-state index >= 15 is 0 Å². The minimum absolute atomic E-state index is 0.0636. The van der Waals surface area contributed by atoms with Gasteiger partial charge in [-0.2, -0.15) is 0 Å². The normalized spacial score (nSPS) is 12.5. The van der Waals surface area contributed by atoms with E-state index in [2.05, 4.69) is 11.4 Å². The third-order valence-corrected chi connectivity index (χ3v) is 3.87. The number of methoxy groups -OCH3 is 1. The molecule has 2 N–H and O–H groups in total. The van der Waals surface area contributed by atoms with Crippen molar-refractivity contribution in [3.8, 4) is 16.2 Å².